The smallest absolute Gasteiger partial charge is 0.226 e. The SMILES string of the molecule is Cc1ccccc1CC1CCN(C(C)c2ccccc2)C1=O. The van der Waals surface area contributed by atoms with Gasteiger partial charge in [0.25, 0.3) is 0 Å². The summed E-state index contributed by atoms with van der Waals surface area (Å²) in [6, 6.07) is 18.8. The molecule has 0 saturated carbocycles. The van der Waals surface area contributed by atoms with Crippen molar-refractivity contribution in [1.82, 2.24) is 4.90 Å². The van der Waals surface area contributed by atoms with Gasteiger partial charge in [-0.05, 0) is 43.4 Å². The molecule has 1 saturated heterocycles. The first kappa shape index (κ1) is 14.8. The first-order valence-corrected chi connectivity index (χ1v) is 8.06. The quantitative estimate of drug-likeness (QED) is 0.829. The molecular weight excluding hydrogens is 270 g/mol. The van der Waals surface area contributed by atoms with Crippen molar-refractivity contribution in [2.24, 2.45) is 5.92 Å². The van der Waals surface area contributed by atoms with Gasteiger partial charge in [0.05, 0.1) is 6.04 Å². The van der Waals surface area contributed by atoms with Crippen molar-refractivity contribution in [2.75, 3.05) is 6.54 Å². The van der Waals surface area contributed by atoms with Gasteiger partial charge < -0.3 is 4.90 Å². The highest BCUT2D eigenvalue weighted by molar-refractivity contribution is 5.81. The lowest BCUT2D eigenvalue weighted by molar-refractivity contribution is -0.132. The van der Waals surface area contributed by atoms with Crippen molar-refractivity contribution in [3.05, 3.63) is 71.3 Å². The molecule has 2 atom stereocenters. The van der Waals surface area contributed by atoms with Gasteiger partial charge in [0.15, 0.2) is 0 Å². The van der Waals surface area contributed by atoms with Gasteiger partial charge in [0.2, 0.25) is 5.91 Å². The van der Waals surface area contributed by atoms with Gasteiger partial charge in [-0.2, -0.15) is 0 Å². The van der Waals surface area contributed by atoms with Crippen molar-refractivity contribution in [3.63, 3.8) is 0 Å². The molecule has 1 aliphatic rings. The van der Waals surface area contributed by atoms with E-state index in [0.29, 0.717) is 5.91 Å². The molecule has 1 amide bonds. The molecule has 1 heterocycles. The van der Waals surface area contributed by atoms with E-state index in [9.17, 15) is 4.79 Å². The van der Waals surface area contributed by atoms with Gasteiger partial charge in [-0.1, -0.05) is 54.6 Å². The Bertz CT molecular complexity index is 650. The molecule has 0 radical (unpaired) electrons. The second-order valence-electron chi connectivity index (χ2n) is 6.23. The number of hydrogen-bond acceptors (Lipinski definition) is 1. The summed E-state index contributed by atoms with van der Waals surface area (Å²) in [6.45, 7) is 5.12. The first-order valence-electron chi connectivity index (χ1n) is 8.06. The fourth-order valence-electron chi connectivity index (χ4n) is 3.35. The number of amides is 1. The molecule has 114 valence electrons. The average Bonchev–Trinajstić information content (AvgIpc) is 2.91. The number of rotatable bonds is 4. The van der Waals surface area contributed by atoms with E-state index in [2.05, 4.69) is 50.2 Å². The Balaban J connectivity index is 1.71. The van der Waals surface area contributed by atoms with Crippen LogP contribution in [0.5, 0.6) is 0 Å². The topological polar surface area (TPSA) is 20.3 Å². The molecule has 2 heteroatoms. The molecule has 1 fully saturated rings. The molecule has 0 aliphatic carbocycles. The summed E-state index contributed by atoms with van der Waals surface area (Å²) in [4.78, 5) is 14.8. The Labute approximate surface area is 132 Å². The summed E-state index contributed by atoms with van der Waals surface area (Å²) < 4.78 is 0. The summed E-state index contributed by atoms with van der Waals surface area (Å²) in [7, 11) is 0. The highest BCUT2D eigenvalue weighted by atomic mass is 16.2. The largest absolute Gasteiger partial charge is 0.336 e. The minimum Gasteiger partial charge on any atom is -0.336 e. The summed E-state index contributed by atoms with van der Waals surface area (Å²) in [5.74, 6) is 0.437. The third kappa shape index (κ3) is 2.92. The van der Waals surface area contributed by atoms with E-state index < -0.39 is 0 Å². The van der Waals surface area contributed by atoms with Crippen LogP contribution in [0.15, 0.2) is 54.6 Å². The molecule has 3 rings (SSSR count). The maximum Gasteiger partial charge on any atom is 0.226 e. The fourth-order valence-corrected chi connectivity index (χ4v) is 3.35. The molecule has 22 heavy (non-hydrogen) atoms. The van der Waals surface area contributed by atoms with Crippen LogP contribution in [0.4, 0.5) is 0 Å². The van der Waals surface area contributed by atoms with Gasteiger partial charge in [0.1, 0.15) is 0 Å². The van der Waals surface area contributed by atoms with Gasteiger partial charge >= 0.3 is 0 Å². The van der Waals surface area contributed by atoms with Crippen LogP contribution in [0, 0.1) is 12.8 Å². The van der Waals surface area contributed by atoms with E-state index in [1.165, 1.54) is 16.7 Å². The van der Waals surface area contributed by atoms with Gasteiger partial charge in [-0.25, -0.2) is 0 Å². The molecule has 0 N–H and O–H groups in total. The lowest BCUT2D eigenvalue weighted by Gasteiger charge is -2.25. The minimum absolute atomic E-state index is 0.132. The van der Waals surface area contributed by atoms with Crippen LogP contribution < -0.4 is 0 Å². The van der Waals surface area contributed by atoms with E-state index in [0.717, 1.165) is 19.4 Å². The van der Waals surface area contributed by atoms with Crippen LogP contribution in [0.1, 0.15) is 36.1 Å². The summed E-state index contributed by atoms with van der Waals surface area (Å²) in [6.07, 6.45) is 1.83. The van der Waals surface area contributed by atoms with Crippen LogP contribution >= 0.6 is 0 Å². The van der Waals surface area contributed by atoms with Gasteiger partial charge in [-0.3, -0.25) is 4.79 Å². The highest BCUT2D eigenvalue weighted by Crippen LogP contribution is 2.30. The van der Waals surface area contributed by atoms with Gasteiger partial charge in [-0.15, -0.1) is 0 Å². The lowest BCUT2D eigenvalue weighted by atomic mass is 9.95. The molecule has 2 unspecified atom stereocenters. The van der Waals surface area contributed by atoms with E-state index in [1.54, 1.807) is 0 Å². The Morgan fingerprint density at radius 1 is 1.09 bits per heavy atom. The maximum atomic E-state index is 12.8. The Morgan fingerprint density at radius 3 is 2.50 bits per heavy atom. The van der Waals surface area contributed by atoms with Crippen molar-refractivity contribution in [1.29, 1.82) is 0 Å². The summed E-state index contributed by atoms with van der Waals surface area (Å²) in [5.41, 5.74) is 3.80. The second-order valence-corrected chi connectivity index (χ2v) is 6.23. The fraction of sp³-hybridized carbons (Fsp3) is 0.350. The number of aryl methyl sites for hydroxylation is 1. The summed E-state index contributed by atoms with van der Waals surface area (Å²) in [5, 5.41) is 0. The Kier molecular flexibility index (Phi) is 4.28. The predicted octanol–water partition coefficient (Wildman–Crippen LogP) is 4.15. The zero-order chi connectivity index (χ0) is 15.5. The van der Waals surface area contributed by atoms with Crippen LogP contribution in [-0.2, 0) is 11.2 Å². The monoisotopic (exact) mass is 293 g/mol. The first-order chi connectivity index (χ1) is 10.7. The van der Waals surface area contributed by atoms with Crippen LogP contribution in [0.2, 0.25) is 0 Å². The zero-order valence-corrected chi connectivity index (χ0v) is 13.3. The highest BCUT2D eigenvalue weighted by Gasteiger charge is 2.34. The average molecular weight is 293 g/mol. The predicted molar refractivity (Wildman–Crippen MR) is 89.6 cm³/mol. The number of benzene rings is 2. The number of carbonyl (C=O) groups excluding carboxylic acids is 1. The molecule has 0 bridgehead atoms. The normalized spacial score (nSPS) is 19.5. The third-order valence-corrected chi connectivity index (χ3v) is 4.83. The molecule has 2 nitrogen and oxygen atoms in total. The standard InChI is InChI=1S/C20H23NO/c1-15-8-6-7-11-18(15)14-19-12-13-21(20(19)22)16(2)17-9-4-3-5-10-17/h3-11,16,19H,12-14H2,1-2H3. The van der Waals surface area contributed by atoms with E-state index in [4.69, 9.17) is 0 Å². The Hall–Kier alpha value is -2.09. The van der Waals surface area contributed by atoms with Gasteiger partial charge in [0, 0.05) is 12.5 Å². The van der Waals surface area contributed by atoms with E-state index >= 15 is 0 Å². The second kappa shape index (κ2) is 6.35. The summed E-state index contributed by atoms with van der Waals surface area (Å²) >= 11 is 0. The number of hydrogen-bond donors (Lipinski definition) is 0. The molecule has 2 aromatic rings. The van der Waals surface area contributed by atoms with Crippen LogP contribution in [-0.4, -0.2) is 17.4 Å². The molecule has 0 aromatic heterocycles. The molecule has 1 aliphatic heterocycles. The van der Waals surface area contributed by atoms with Crippen LogP contribution in [0.3, 0.4) is 0 Å². The molecular formula is C20H23NO. The van der Waals surface area contributed by atoms with Crippen molar-refractivity contribution < 1.29 is 4.79 Å². The van der Waals surface area contributed by atoms with E-state index in [-0.39, 0.29) is 12.0 Å². The lowest BCUT2D eigenvalue weighted by Crippen LogP contribution is -2.30. The van der Waals surface area contributed by atoms with Crippen molar-refractivity contribution in [3.8, 4) is 0 Å². The molecule has 2 aromatic carbocycles. The van der Waals surface area contributed by atoms with E-state index in [1.807, 2.05) is 23.1 Å². The van der Waals surface area contributed by atoms with Crippen molar-refractivity contribution >= 4 is 5.91 Å². The Morgan fingerprint density at radius 2 is 1.77 bits per heavy atom. The minimum atomic E-state index is 0.132. The maximum absolute atomic E-state index is 12.8. The number of nitrogens with zero attached hydrogens (tertiary/aromatic N) is 1. The third-order valence-electron chi connectivity index (χ3n) is 4.83. The number of likely N-dealkylation sites (tertiary alicyclic amines) is 1. The zero-order valence-electron chi connectivity index (χ0n) is 13.3. The van der Waals surface area contributed by atoms with Crippen molar-refractivity contribution in [2.45, 2.75) is 32.7 Å². The van der Waals surface area contributed by atoms with Crippen LogP contribution in [0.25, 0.3) is 0 Å². The molecule has 0 spiro atoms. The number of carbonyl (C=O) groups is 1.